The predicted octanol–water partition coefficient (Wildman–Crippen LogP) is 3.37. The van der Waals surface area contributed by atoms with Crippen molar-refractivity contribution >= 4 is 71.5 Å². The van der Waals surface area contributed by atoms with Crippen LogP contribution in [0.15, 0.2) is 23.2 Å². The maximum Gasteiger partial charge on any atom is 0.341 e. The third-order valence-electron chi connectivity index (χ3n) is 6.87. The molecule has 2 amide bonds. The Bertz CT molecular complexity index is 1750. The number of rotatable bonds is 12. The number of fused-ring (bicyclic) bond motifs is 2. The molecule has 1 N–H and O–H groups in total. The molecular formula is C29H35N3O9S3. The molecule has 0 bridgehead atoms. The van der Waals surface area contributed by atoms with Gasteiger partial charge in [-0.05, 0) is 62.8 Å². The van der Waals surface area contributed by atoms with Crippen molar-refractivity contribution in [2.75, 3.05) is 43.8 Å². The first-order valence-electron chi connectivity index (χ1n) is 14.1. The summed E-state index contributed by atoms with van der Waals surface area (Å²) in [6.07, 6.45) is 2.31. The fourth-order valence-electron chi connectivity index (χ4n) is 4.90. The van der Waals surface area contributed by atoms with Crippen LogP contribution in [0.5, 0.6) is 0 Å². The predicted molar refractivity (Wildman–Crippen MR) is 167 cm³/mol. The summed E-state index contributed by atoms with van der Waals surface area (Å²) in [6, 6.07) is 4.93. The lowest BCUT2D eigenvalue weighted by atomic mass is 9.88. The summed E-state index contributed by atoms with van der Waals surface area (Å²) in [6.45, 7) is 6.50. The maximum absolute atomic E-state index is 12.9. The van der Waals surface area contributed by atoms with Crippen molar-refractivity contribution in [1.29, 1.82) is 0 Å². The second kappa shape index (κ2) is 14.6. The molecule has 1 aromatic carbocycles. The minimum atomic E-state index is -4.22. The molecule has 238 valence electrons. The summed E-state index contributed by atoms with van der Waals surface area (Å²) in [7, 11) is -2.69. The van der Waals surface area contributed by atoms with Gasteiger partial charge < -0.3 is 24.1 Å². The first kappa shape index (κ1) is 33.5. The number of amides is 2. The Hall–Kier alpha value is -3.40. The Kier molecular flexibility index (Phi) is 11.1. The van der Waals surface area contributed by atoms with Gasteiger partial charge in [0.15, 0.2) is 14.6 Å². The van der Waals surface area contributed by atoms with E-state index in [4.69, 9.17) is 14.2 Å². The number of methoxy groups -OCH3 is 1. The average Bonchev–Trinajstić information content (AvgIpc) is 3.46. The Morgan fingerprint density at radius 1 is 1.07 bits per heavy atom. The number of carbonyl (C=O) groups excluding carboxylic acids is 4. The van der Waals surface area contributed by atoms with Crippen molar-refractivity contribution in [3.8, 4) is 0 Å². The van der Waals surface area contributed by atoms with Gasteiger partial charge in [0.25, 0.3) is 5.91 Å². The SMILES string of the molecule is CCOC(=O)c1ccc2c(c1)sc(=NC(=O)CS(=O)(=O)CC(=O)Nc1sc3c(c1C(=O)OCC)CCC(C)C3)n2CCOC. The van der Waals surface area contributed by atoms with Gasteiger partial charge in [-0.25, -0.2) is 18.0 Å². The molecule has 3 aromatic rings. The number of thiophene rings is 1. The topological polar surface area (TPSA) is 159 Å². The van der Waals surface area contributed by atoms with Gasteiger partial charge in [-0.1, -0.05) is 18.3 Å². The standard InChI is InChI=1S/C29H35N3O9S3/c1-5-40-27(35)18-8-10-20-22(14-18)43-29(32(20)11-12-39-4)31-24(34)16-44(37,38)15-23(33)30-26-25(28(36)41-6-2)19-9-7-17(3)13-21(19)42-26/h8,10,14,17H,5-7,9,11-13,15-16H2,1-4H3,(H,30,33). The van der Waals surface area contributed by atoms with E-state index in [1.54, 1.807) is 36.6 Å². The minimum absolute atomic E-state index is 0.158. The number of hydrogen-bond acceptors (Lipinski definition) is 11. The van der Waals surface area contributed by atoms with Crippen molar-refractivity contribution in [2.45, 2.75) is 46.6 Å². The van der Waals surface area contributed by atoms with Crippen molar-refractivity contribution in [1.82, 2.24) is 4.57 Å². The second-order valence-corrected chi connectivity index (χ2v) is 14.5. The molecule has 1 atom stereocenters. The Morgan fingerprint density at radius 3 is 2.50 bits per heavy atom. The molecule has 2 aromatic heterocycles. The molecule has 12 nitrogen and oxygen atoms in total. The van der Waals surface area contributed by atoms with E-state index in [1.807, 2.05) is 0 Å². The zero-order valence-corrected chi connectivity index (χ0v) is 27.4. The highest BCUT2D eigenvalue weighted by Crippen LogP contribution is 2.40. The molecule has 2 heterocycles. The number of aromatic nitrogens is 1. The number of ether oxygens (including phenoxy) is 3. The van der Waals surface area contributed by atoms with E-state index in [9.17, 15) is 27.6 Å². The number of hydrogen-bond donors (Lipinski definition) is 1. The second-order valence-electron chi connectivity index (χ2n) is 10.3. The number of nitrogens with zero attached hydrogens (tertiary/aromatic N) is 2. The number of nitrogens with one attached hydrogen (secondary N) is 1. The first-order chi connectivity index (χ1) is 21.0. The zero-order chi connectivity index (χ0) is 32.0. The summed E-state index contributed by atoms with van der Waals surface area (Å²) >= 11 is 2.36. The summed E-state index contributed by atoms with van der Waals surface area (Å²) in [4.78, 5) is 55.9. The van der Waals surface area contributed by atoms with E-state index < -0.39 is 45.1 Å². The van der Waals surface area contributed by atoms with E-state index in [0.29, 0.717) is 41.3 Å². The molecule has 0 saturated heterocycles. The van der Waals surface area contributed by atoms with Gasteiger partial charge in [-0.2, -0.15) is 4.99 Å². The Balaban J connectivity index is 1.53. The number of anilines is 1. The number of thiazole rings is 1. The van der Waals surface area contributed by atoms with Gasteiger partial charge >= 0.3 is 11.9 Å². The van der Waals surface area contributed by atoms with Gasteiger partial charge in [-0.3, -0.25) is 9.59 Å². The first-order valence-corrected chi connectivity index (χ1v) is 17.6. The molecule has 0 fully saturated rings. The van der Waals surface area contributed by atoms with Crippen molar-refractivity contribution < 1.29 is 41.8 Å². The van der Waals surface area contributed by atoms with Crippen molar-refractivity contribution in [3.05, 3.63) is 44.6 Å². The quantitative estimate of drug-likeness (QED) is 0.286. The molecule has 4 rings (SSSR count). The lowest BCUT2D eigenvalue weighted by molar-refractivity contribution is -0.115. The van der Waals surface area contributed by atoms with Gasteiger partial charge in [0, 0.05) is 18.5 Å². The summed E-state index contributed by atoms with van der Waals surface area (Å²) in [5.41, 5.74) is 2.11. The van der Waals surface area contributed by atoms with Crippen LogP contribution in [0.25, 0.3) is 10.2 Å². The number of benzene rings is 1. The number of esters is 2. The van der Waals surface area contributed by atoms with Crippen LogP contribution in [0, 0.1) is 5.92 Å². The fraction of sp³-hybridized carbons (Fsp3) is 0.483. The van der Waals surface area contributed by atoms with Crippen LogP contribution in [0.1, 0.15) is 58.3 Å². The van der Waals surface area contributed by atoms with Crippen molar-refractivity contribution in [3.63, 3.8) is 0 Å². The molecule has 0 radical (unpaired) electrons. The smallest absolute Gasteiger partial charge is 0.341 e. The maximum atomic E-state index is 12.9. The van der Waals surface area contributed by atoms with E-state index in [-0.39, 0.29) is 28.6 Å². The molecule has 1 unspecified atom stereocenters. The highest BCUT2D eigenvalue weighted by molar-refractivity contribution is 7.92. The normalized spacial score (nSPS) is 15.2. The largest absolute Gasteiger partial charge is 0.462 e. The van der Waals surface area contributed by atoms with Crippen LogP contribution >= 0.6 is 22.7 Å². The third-order valence-corrected chi connectivity index (χ3v) is 10.5. The molecule has 15 heteroatoms. The zero-order valence-electron chi connectivity index (χ0n) is 25.0. The Labute approximate surface area is 263 Å². The lowest BCUT2D eigenvalue weighted by Gasteiger charge is -2.18. The monoisotopic (exact) mass is 665 g/mol. The average molecular weight is 666 g/mol. The van der Waals surface area contributed by atoms with E-state index in [1.165, 1.54) is 18.4 Å². The van der Waals surface area contributed by atoms with E-state index in [2.05, 4.69) is 17.2 Å². The highest BCUT2D eigenvalue weighted by Gasteiger charge is 2.30. The minimum Gasteiger partial charge on any atom is -0.462 e. The van der Waals surface area contributed by atoms with Gasteiger partial charge in [-0.15, -0.1) is 11.3 Å². The number of sulfone groups is 1. The molecule has 0 saturated carbocycles. The molecular weight excluding hydrogens is 631 g/mol. The fourth-order valence-corrected chi connectivity index (χ4v) is 8.44. The molecule has 1 aliphatic carbocycles. The van der Waals surface area contributed by atoms with Crippen LogP contribution in [-0.2, 0) is 53.0 Å². The molecule has 44 heavy (non-hydrogen) atoms. The van der Waals surface area contributed by atoms with E-state index in [0.717, 1.165) is 34.6 Å². The number of carbonyl (C=O) groups is 4. The summed E-state index contributed by atoms with van der Waals surface area (Å²) in [5.74, 6) is -4.40. The highest BCUT2D eigenvalue weighted by atomic mass is 32.2. The van der Waals surface area contributed by atoms with Gasteiger partial charge in [0.05, 0.1) is 41.2 Å². The van der Waals surface area contributed by atoms with Gasteiger partial charge in [0.2, 0.25) is 5.91 Å². The third kappa shape index (κ3) is 8.00. The van der Waals surface area contributed by atoms with Gasteiger partial charge in [0.1, 0.15) is 16.5 Å². The molecule has 1 aliphatic rings. The summed E-state index contributed by atoms with van der Waals surface area (Å²) < 4.78 is 43.6. The molecule has 0 aliphatic heterocycles. The van der Waals surface area contributed by atoms with Crippen LogP contribution in [0.3, 0.4) is 0 Å². The summed E-state index contributed by atoms with van der Waals surface area (Å²) in [5, 5.41) is 2.83. The van der Waals surface area contributed by atoms with E-state index >= 15 is 0 Å². The van der Waals surface area contributed by atoms with Crippen molar-refractivity contribution in [2.24, 2.45) is 10.9 Å². The van der Waals surface area contributed by atoms with Crippen LogP contribution in [0.2, 0.25) is 0 Å². The lowest BCUT2D eigenvalue weighted by Crippen LogP contribution is -2.28. The van der Waals surface area contributed by atoms with Crippen LogP contribution < -0.4 is 10.1 Å². The van der Waals surface area contributed by atoms with Crippen LogP contribution in [-0.4, -0.2) is 75.2 Å². The molecule has 0 spiro atoms. The van der Waals surface area contributed by atoms with Crippen LogP contribution in [0.4, 0.5) is 5.00 Å². The Morgan fingerprint density at radius 2 is 1.80 bits per heavy atom.